The van der Waals surface area contributed by atoms with Crippen LogP contribution in [0.1, 0.15) is 59.9 Å². The highest BCUT2D eigenvalue weighted by atomic mass is 35.5. The van der Waals surface area contributed by atoms with Gasteiger partial charge >= 0.3 is 5.97 Å². The molecule has 3 aromatic rings. The molecule has 2 N–H and O–H groups in total. The van der Waals surface area contributed by atoms with Crippen LogP contribution in [0.5, 0.6) is 0 Å². The van der Waals surface area contributed by atoms with Gasteiger partial charge in [-0.3, -0.25) is 14.4 Å². The third-order valence-electron chi connectivity index (χ3n) is 5.94. The molecule has 8 nitrogen and oxygen atoms in total. The van der Waals surface area contributed by atoms with Gasteiger partial charge in [0.1, 0.15) is 10.7 Å². The van der Waals surface area contributed by atoms with Crippen molar-refractivity contribution in [3.63, 3.8) is 0 Å². The summed E-state index contributed by atoms with van der Waals surface area (Å²) in [4.78, 5) is 52.4. The van der Waals surface area contributed by atoms with Crippen LogP contribution in [0.25, 0.3) is 0 Å². The SMILES string of the molecule is CC(C)OC(=O)c1cccc(N2C(=O)C(Cl)=C(Nc3cccc(C(=O)Nc4ccccc4C(C)C)c3)C2=O)c1. The minimum Gasteiger partial charge on any atom is -0.459 e. The first-order valence-corrected chi connectivity index (χ1v) is 12.8. The van der Waals surface area contributed by atoms with Gasteiger partial charge < -0.3 is 15.4 Å². The first-order valence-electron chi connectivity index (χ1n) is 12.4. The van der Waals surface area contributed by atoms with Gasteiger partial charge in [0.2, 0.25) is 0 Å². The van der Waals surface area contributed by atoms with E-state index in [2.05, 4.69) is 10.6 Å². The van der Waals surface area contributed by atoms with E-state index in [4.69, 9.17) is 16.3 Å². The molecule has 1 aliphatic rings. The first kappa shape index (κ1) is 27.6. The van der Waals surface area contributed by atoms with E-state index in [-0.39, 0.29) is 39.9 Å². The molecule has 0 unspecified atom stereocenters. The quantitative estimate of drug-likeness (QED) is 0.263. The molecular weight excluding hydrogens is 518 g/mol. The van der Waals surface area contributed by atoms with Crippen molar-refractivity contribution >= 4 is 52.4 Å². The molecule has 0 radical (unpaired) electrons. The molecule has 3 amide bonds. The Bertz CT molecular complexity index is 1500. The maximum absolute atomic E-state index is 13.3. The molecule has 3 aromatic carbocycles. The topological polar surface area (TPSA) is 105 Å². The third kappa shape index (κ3) is 6.02. The van der Waals surface area contributed by atoms with E-state index in [9.17, 15) is 19.2 Å². The zero-order valence-corrected chi connectivity index (χ0v) is 22.7. The van der Waals surface area contributed by atoms with Crippen LogP contribution in [0, 0.1) is 0 Å². The van der Waals surface area contributed by atoms with E-state index in [1.807, 2.05) is 38.1 Å². The van der Waals surface area contributed by atoms with Crippen molar-refractivity contribution in [2.24, 2.45) is 0 Å². The predicted molar refractivity (Wildman–Crippen MR) is 151 cm³/mol. The second-order valence-corrected chi connectivity index (χ2v) is 9.92. The first-order chi connectivity index (χ1) is 18.6. The summed E-state index contributed by atoms with van der Waals surface area (Å²) in [6.45, 7) is 7.54. The molecule has 0 atom stereocenters. The highest BCUT2D eigenvalue weighted by molar-refractivity contribution is 6.53. The Kier molecular flexibility index (Phi) is 8.16. The van der Waals surface area contributed by atoms with Crippen molar-refractivity contribution < 1.29 is 23.9 Å². The van der Waals surface area contributed by atoms with E-state index in [0.717, 1.165) is 10.5 Å². The fourth-order valence-electron chi connectivity index (χ4n) is 4.09. The molecule has 0 spiro atoms. The van der Waals surface area contributed by atoms with Gasteiger partial charge in [-0.1, -0.05) is 55.8 Å². The zero-order chi connectivity index (χ0) is 28.3. The van der Waals surface area contributed by atoms with E-state index < -0.39 is 17.8 Å². The number of carbonyl (C=O) groups is 4. The minimum absolute atomic E-state index is 0.139. The third-order valence-corrected chi connectivity index (χ3v) is 6.29. The van der Waals surface area contributed by atoms with Gasteiger partial charge in [0.15, 0.2) is 0 Å². The Morgan fingerprint density at radius 2 is 1.54 bits per heavy atom. The maximum Gasteiger partial charge on any atom is 0.338 e. The Balaban J connectivity index is 1.53. The van der Waals surface area contributed by atoms with Crippen LogP contribution in [-0.2, 0) is 14.3 Å². The summed E-state index contributed by atoms with van der Waals surface area (Å²) < 4.78 is 5.21. The molecule has 0 saturated heterocycles. The number of ether oxygens (including phenoxy) is 1. The number of imide groups is 1. The van der Waals surface area contributed by atoms with Crippen molar-refractivity contribution in [2.75, 3.05) is 15.5 Å². The lowest BCUT2D eigenvalue weighted by atomic mass is 10.0. The van der Waals surface area contributed by atoms with Crippen LogP contribution >= 0.6 is 11.6 Å². The molecule has 9 heteroatoms. The van der Waals surface area contributed by atoms with Crippen LogP contribution in [0.3, 0.4) is 0 Å². The molecule has 0 fully saturated rings. The predicted octanol–water partition coefficient (Wildman–Crippen LogP) is 6.06. The second-order valence-electron chi connectivity index (χ2n) is 9.54. The Hall–Kier alpha value is -4.43. The van der Waals surface area contributed by atoms with Gasteiger partial charge in [-0.25, -0.2) is 9.69 Å². The molecular formula is C30H28ClN3O5. The lowest BCUT2D eigenvalue weighted by Gasteiger charge is -2.16. The molecule has 0 saturated carbocycles. The van der Waals surface area contributed by atoms with Crippen molar-refractivity contribution in [1.29, 1.82) is 0 Å². The molecule has 0 aliphatic carbocycles. The van der Waals surface area contributed by atoms with Gasteiger partial charge in [0, 0.05) is 16.9 Å². The summed E-state index contributed by atoms with van der Waals surface area (Å²) in [7, 11) is 0. The second kappa shape index (κ2) is 11.5. The minimum atomic E-state index is -0.738. The summed E-state index contributed by atoms with van der Waals surface area (Å²) in [6.07, 6.45) is -0.328. The largest absolute Gasteiger partial charge is 0.459 e. The fourth-order valence-corrected chi connectivity index (χ4v) is 4.30. The van der Waals surface area contributed by atoms with Crippen molar-refractivity contribution in [2.45, 2.75) is 39.7 Å². The summed E-state index contributed by atoms with van der Waals surface area (Å²) in [5, 5.41) is 5.51. The van der Waals surface area contributed by atoms with E-state index in [0.29, 0.717) is 16.9 Å². The summed E-state index contributed by atoms with van der Waals surface area (Å²) in [6, 6.07) is 20.1. The number of nitrogens with one attached hydrogen (secondary N) is 2. The number of para-hydroxylation sites is 1. The van der Waals surface area contributed by atoms with Crippen LogP contribution < -0.4 is 15.5 Å². The number of hydrogen-bond donors (Lipinski definition) is 2. The maximum atomic E-state index is 13.3. The average Bonchev–Trinajstić information content (AvgIpc) is 3.11. The number of hydrogen-bond acceptors (Lipinski definition) is 6. The normalized spacial score (nSPS) is 13.4. The molecule has 4 rings (SSSR count). The van der Waals surface area contributed by atoms with Gasteiger partial charge in [0.05, 0.1) is 17.4 Å². The molecule has 0 bridgehead atoms. The lowest BCUT2D eigenvalue weighted by Crippen LogP contribution is -2.32. The molecule has 1 heterocycles. The van der Waals surface area contributed by atoms with Crippen LogP contribution in [0.15, 0.2) is 83.5 Å². The number of amides is 3. The molecule has 200 valence electrons. The van der Waals surface area contributed by atoms with Crippen molar-refractivity contribution in [1.82, 2.24) is 0 Å². The van der Waals surface area contributed by atoms with Crippen molar-refractivity contribution in [3.8, 4) is 0 Å². The average molecular weight is 546 g/mol. The van der Waals surface area contributed by atoms with E-state index in [1.165, 1.54) is 18.2 Å². The number of carbonyl (C=O) groups excluding carboxylic acids is 4. The Morgan fingerprint density at radius 3 is 2.26 bits per heavy atom. The molecule has 1 aliphatic heterocycles. The highest BCUT2D eigenvalue weighted by Gasteiger charge is 2.39. The summed E-state index contributed by atoms with van der Waals surface area (Å²) in [5.74, 6) is -2.11. The number of benzene rings is 3. The highest BCUT2D eigenvalue weighted by Crippen LogP contribution is 2.31. The Labute approximate surface area is 231 Å². The van der Waals surface area contributed by atoms with Gasteiger partial charge in [-0.2, -0.15) is 0 Å². The fraction of sp³-hybridized carbons (Fsp3) is 0.200. The van der Waals surface area contributed by atoms with Gasteiger partial charge in [0.25, 0.3) is 17.7 Å². The Morgan fingerprint density at radius 1 is 0.846 bits per heavy atom. The van der Waals surface area contributed by atoms with Gasteiger partial charge in [-0.15, -0.1) is 0 Å². The smallest absolute Gasteiger partial charge is 0.338 e. The summed E-state index contributed by atoms with van der Waals surface area (Å²) in [5.41, 5.74) is 2.69. The molecule has 39 heavy (non-hydrogen) atoms. The van der Waals surface area contributed by atoms with Crippen molar-refractivity contribution in [3.05, 3.63) is 100 Å². The van der Waals surface area contributed by atoms with E-state index in [1.54, 1.807) is 44.2 Å². The van der Waals surface area contributed by atoms with Crippen LogP contribution in [0.2, 0.25) is 0 Å². The van der Waals surface area contributed by atoms with Crippen LogP contribution in [0.4, 0.5) is 17.1 Å². The number of halogens is 1. The number of anilines is 3. The monoisotopic (exact) mass is 545 g/mol. The number of nitrogens with zero attached hydrogens (tertiary/aromatic N) is 1. The lowest BCUT2D eigenvalue weighted by molar-refractivity contribution is -0.120. The standard InChI is InChI=1S/C30H28ClN3O5/c1-17(2)23-13-5-6-14-24(23)33-27(35)19-9-7-11-21(15-19)32-26-25(31)28(36)34(29(26)37)22-12-8-10-20(16-22)30(38)39-18(3)4/h5-18,32H,1-4H3,(H,33,35). The summed E-state index contributed by atoms with van der Waals surface area (Å²) >= 11 is 6.28. The van der Waals surface area contributed by atoms with Crippen LogP contribution in [-0.4, -0.2) is 29.8 Å². The number of esters is 1. The number of rotatable bonds is 8. The van der Waals surface area contributed by atoms with Gasteiger partial charge in [-0.05, 0) is 67.8 Å². The molecule has 0 aromatic heterocycles. The van der Waals surface area contributed by atoms with E-state index >= 15 is 0 Å². The zero-order valence-electron chi connectivity index (χ0n) is 21.9.